The van der Waals surface area contributed by atoms with Crippen molar-refractivity contribution in [3.05, 3.63) is 96.1 Å². The van der Waals surface area contributed by atoms with Crippen molar-refractivity contribution in [2.24, 2.45) is 0 Å². The number of carbonyl (C=O) groups excluding carboxylic acids is 1. The molecule has 1 aliphatic heterocycles. The van der Waals surface area contributed by atoms with Crippen LogP contribution >= 0.6 is 0 Å². The topological polar surface area (TPSA) is 69.7 Å². The predicted octanol–water partition coefficient (Wildman–Crippen LogP) is 4.18. The van der Waals surface area contributed by atoms with Gasteiger partial charge in [-0.3, -0.25) is 14.0 Å². The maximum atomic E-state index is 13.4. The number of nitrogens with zero attached hydrogens (tertiary/aromatic N) is 2. The second-order valence-corrected chi connectivity index (χ2v) is 10.4. The van der Waals surface area contributed by atoms with Crippen LogP contribution in [0.15, 0.2) is 89.8 Å². The van der Waals surface area contributed by atoms with Crippen molar-refractivity contribution in [3.63, 3.8) is 0 Å². The van der Waals surface area contributed by atoms with E-state index in [1.54, 1.807) is 54.6 Å². The first-order chi connectivity index (χ1) is 16.5. The first-order valence-corrected chi connectivity index (χ1v) is 13.2. The fraction of sp³-hybridized carbons (Fsp3) is 0.296. The number of likely N-dealkylation sites (tertiary alicyclic amines) is 1. The maximum Gasteiger partial charge on any atom is 0.264 e. The Morgan fingerprint density at radius 1 is 0.794 bits per heavy atom. The van der Waals surface area contributed by atoms with E-state index in [1.807, 2.05) is 24.3 Å². The molecule has 178 valence electrons. The van der Waals surface area contributed by atoms with E-state index < -0.39 is 10.0 Å². The van der Waals surface area contributed by atoms with E-state index in [-0.39, 0.29) is 17.3 Å². The Kier molecular flexibility index (Phi) is 7.98. The Morgan fingerprint density at radius 3 is 2.06 bits per heavy atom. The summed E-state index contributed by atoms with van der Waals surface area (Å²) in [5, 5.41) is 2.94. The smallest absolute Gasteiger partial charge is 0.264 e. The van der Waals surface area contributed by atoms with Crippen molar-refractivity contribution in [1.29, 1.82) is 0 Å². The van der Waals surface area contributed by atoms with E-state index in [2.05, 4.69) is 16.3 Å². The number of anilines is 1. The number of hydrogen-bond donors (Lipinski definition) is 1. The molecular weight excluding hydrogens is 446 g/mol. The second-order valence-electron chi connectivity index (χ2n) is 8.54. The van der Waals surface area contributed by atoms with Crippen LogP contribution in [0.25, 0.3) is 0 Å². The van der Waals surface area contributed by atoms with Crippen LogP contribution in [0, 0.1) is 0 Å². The zero-order valence-electron chi connectivity index (χ0n) is 19.3. The molecule has 7 heteroatoms. The van der Waals surface area contributed by atoms with Gasteiger partial charge in [0.2, 0.25) is 5.91 Å². The van der Waals surface area contributed by atoms with Crippen LogP contribution in [-0.4, -0.2) is 38.9 Å². The highest BCUT2D eigenvalue weighted by Gasteiger charge is 2.27. The number of benzene rings is 3. The van der Waals surface area contributed by atoms with Gasteiger partial charge in [0.25, 0.3) is 10.0 Å². The lowest BCUT2D eigenvalue weighted by molar-refractivity contribution is -0.119. The molecule has 1 saturated heterocycles. The molecule has 1 fully saturated rings. The van der Waals surface area contributed by atoms with Gasteiger partial charge in [-0.1, -0.05) is 67.1 Å². The average molecular weight is 478 g/mol. The number of rotatable bonds is 9. The van der Waals surface area contributed by atoms with Crippen molar-refractivity contribution >= 4 is 21.6 Å². The zero-order chi connectivity index (χ0) is 23.8. The fourth-order valence-corrected chi connectivity index (χ4v) is 5.69. The van der Waals surface area contributed by atoms with E-state index in [9.17, 15) is 13.2 Å². The molecule has 3 aromatic rings. The number of carbonyl (C=O) groups is 1. The minimum absolute atomic E-state index is 0.151. The molecule has 1 aliphatic rings. The van der Waals surface area contributed by atoms with Gasteiger partial charge in [-0.05, 0) is 61.3 Å². The van der Waals surface area contributed by atoms with Gasteiger partial charge in [-0.25, -0.2) is 8.42 Å². The van der Waals surface area contributed by atoms with Gasteiger partial charge in [-0.15, -0.1) is 0 Å². The summed E-state index contributed by atoms with van der Waals surface area (Å²) in [4.78, 5) is 15.6. The number of para-hydroxylation sites is 1. The summed E-state index contributed by atoms with van der Waals surface area (Å²) < 4.78 is 27.9. The summed E-state index contributed by atoms with van der Waals surface area (Å²) in [5.74, 6) is -0.351. The molecular formula is C27H31N3O3S. The van der Waals surface area contributed by atoms with Crippen LogP contribution < -0.4 is 9.62 Å². The van der Waals surface area contributed by atoms with E-state index in [1.165, 1.54) is 24.8 Å². The van der Waals surface area contributed by atoms with Gasteiger partial charge in [0.15, 0.2) is 0 Å². The summed E-state index contributed by atoms with van der Waals surface area (Å²) in [7, 11) is -3.89. The first kappa shape index (κ1) is 24.0. The summed E-state index contributed by atoms with van der Waals surface area (Å²) in [5.41, 5.74) is 2.70. The molecule has 0 spiro atoms. The van der Waals surface area contributed by atoms with Crippen LogP contribution in [0.1, 0.15) is 30.4 Å². The SMILES string of the molecule is O=C(CN(c1ccccc1)S(=O)(=O)c1ccccc1)NCc1ccccc1CN1CCCCC1. The first-order valence-electron chi connectivity index (χ1n) is 11.7. The summed E-state index contributed by atoms with van der Waals surface area (Å²) in [6, 6.07) is 25.0. The molecule has 0 aromatic heterocycles. The second kappa shape index (κ2) is 11.3. The zero-order valence-corrected chi connectivity index (χ0v) is 20.1. The predicted molar refractivity (Wildman–Crippen MR) is 135 cm³/mol. The summed E-state index contributed by atoms with van der Waals surface area (Å²) in [6.07, 6.45) is 3.74. The van der Waals surface area contributed by atoms with Gasteiger partial charge >= 0.3 is 0 Å². The van der Waals surface area contributed by atoms with Gasteiger partial charge in [0, 0.05) is 13.1 Å². The quantitative estimate of drug-likeness (QED) is 0.502. The highest BCUT2D eigenvalue weighted by Crippen LogP contribution is 2.23. The molecule has 6 nitrogen and oxygen atoms in total. The Morgan fingerprint density at radius 2 is 1.38 bits per heavy atom. The van der Waals surface area contributed by atoms with Crippen LogP contribution in [0.3, 0.4) is 0 Å². The van der Waals surface area contributed by atoms with Crippen molar-refractivity contribution in [3.8, 4) is 0 Å². The van der Waals surface area contributed by atoms with Crippen LogP contribution in [0.5, 0.6) is 0 Å². The van der Waals surface area contributed by atoms with Gasteiger partial charge in [-0.2, -0.15) is 0 Å². The molecule has 4 rings (SSSR count). The number of piperidine rings is 1. The molecule has 34 heavy (non-hydrogen) atoms. The molecule has 3 aromatic carbocycles. The van der Waals surface area contributed by atoms with E-state index >= 15 is 0 Å². The van der Waals surface area contributed by atoms with Crippen molar-refractivity contribution in [2.45, 2.75) is 37.2 Å². The van der Waals surface area contributed by atoms with Crippen LogP contribution in [0.4, 0.5) is 5.69 Å². The number of nitrogens with one attached hydrogen (secondary N) is 1. The highest BCUT2D eigenvalue weighted by atomic mass is 32.2. The van der Waals surface area contributed by atoms with Crippen LogP contribution in [0.2, 0.25) is 0 Å². The third-order valence-electron chi connectivity index (χ3n) is 6.10. The van der Waals surface area contributed by atoms with Gasteiger partial charge in [0.05, 0.1) is 10.6 Å². The molecule has 1 amide bonds. The molecule has 0 radical (unpaired) electrons. The molecule has 0 aliphatic carbocycles. The molecule has 1 N–H and O–H groups in total. The van der Waals surface area contributed by atoms with E-state index in [0.717, 1.165) is 29.5 Å². The highest BCUT2D eigenvalue weighted by molar-refractivity contribution is 7.92. The molecule has 0 bridgehead atoms. The lowest BCUT2D eigenvalue weighted by Gasteiger charge is -2.27. The minimum Gasteiger partial charge on any atom is -0.350 e. The third-order valence-corrected chi connectivity index (χ3v) is 7.89. The number of amides is 1. The Hall–Kier alpha value is -3.16. The monoisotopic (exact) mass is 477 g/mol. The Bertz CT molecular complexity index is 1180. The summed E-state index contributed by atoms with van der Waals surface area (Å²) in [6.45, 7) is 3.13. The lowest BCUT2D eigenvalue weighted by Crippen LogP contribution is -2.40. The molecule has 0 saturated carbocycles. The van der Waals surface area contributed by atoms with Crippen molar-refractivity contribution in [2.75, 3.05) is 23.9 Å². The normalized spacial score (nSPS) is 14.5. The van der Waals surface area contributed by atoms with Crippen molar-refractivity contribution in [1.82, 2.24) is 10.2 Å². The minimum atomic E-state index is -3.89. The van der Waals surface area contributed by atoms with Crippen molar-refractivity contribution < 1.29 is 13.2 Å². The lowest BCUT2D eigenvalue weighted by atomic mass is 10.0. The summed E-state index contributed by atoms with van der Waals surface area (Å²) >= 11 is 0. The van der Waals surface area contributed by atoms with E-state index in [4.69, 9.17) is 0 Å². The fourth-order valence-electron chi connectivity index (χ4n) is 4.25. The molecule has 0 atom stereocenters. The average Bonchev–Trinajstić information content (AvgIpc) is 2.88. The molecule has 1 heterocycles. The third kappa shape index (κ3) is 6.04. The maximum absolute atomic E-state index is 13.4. The largest absolute Gasteiger partial charge is 0.350 e. The molecule has 0 unspecified atom stereocenters. The van der Waals surface area contributed by atoms with Crippen LogP contribution in [-0.2, 0) is 27.9 Å². The van der Waals surface area contributed by atoms with Gasteiger partial charge in [0.1, 0.15) is 6.54 Å². The number of hydrogen-bond acceptors (Lipinski definition) is 4. The van der Waals surface area contributed by atoms with E-state index in [0.29, 0.717) is 12.2 Å². The number of sulfonamides is 1. The van der Waals surface area contributed by atoms with Gasteiger partial charge < -0.3 is 5.32 Å². The Balaban J connectivity index is 1.47. The Labute approximate surface area is 202 Å². The standard InChI is InChI=1S/C27H31N3O3S/c31-27(28-20-23-12-8-9-13-24(23)21-29-18-10-3-11-19-29)22-30(25-14-4-1-5-15-25)34(32,33)26-16-6-2-7-17-26/h1-2,4-9,12-17H,3,10-11,18-22H2,(H,28,31).